The molecular weight excluding hydrogens is 296 g/mol. The van der Waals surface area contributed by atoms with E-state index in [9.17, 15) is 13.2 Å². The van der Waals surface area contributed by atoms with Gasteiger partial charge in [0.1, 0.15) is 16.1 Å². The van der Waals surface area contributed by atoms with Crippen molar-refractivity contribution in [2.24, 2.45) is 0 Å². The highest BCUT2D eigenvalue weighted by molar-refractivity contribution is 7.89. The minimum absolute atomic E-state index is 0.00178. The Morgan fingerprint density at radius 2 is 2.00 bits per heavy atom. The number of sulfonamides is 1. The van der Waals surface area contributed by atoms with Gasteiger partial charge in [-0.1, -0.05) is 18.0 Å². The monoisotopic (exact) mass is 316 g/mol. The molecule has 1 aromatic heterocycles. The van der Waals surface area contributed by atoms with Crippen molar-refractivity contribution in [2.75, 3.05) is 6.61 Å². The number of hydrogen-bond acceptors (Lipinski definition) is 6. The molecule has 0 unspecified atom stereocenters. The normalized spacial score (nSPS) is 17.9. The first-order chi connectivity index (χ1) is 9.82. The minimum atomic E-state index is -3.89. The molecule has 1 saturated carbocycles. The summed E-state index contributed by atoms with van der Waals surface area (Å²) in [6.45, 7) is 4.99. The fraction of sp³-hybridized carbons (Fsp3) is 0.692. The highest BCUT2D eigenvalue weighted by Gasteiger charge is 2.46. The predicted molar refractivity (Wildman–Crippen MR) is 74.1 cm³/mol. The van der Waals surface area contributed by atoms with E-state index in [1.807, 2.05) is 0 Å². The average molecular weight is 316 g/mol. The zero-order chi connectivity index (χ0) is 15.7. The van der Waals surface area contributed by atoms with E-state index >= 15 is 0 Å². The zero-order valence-electron chi connectivity index (χ0n) is 12.4. The number of ether oxygens (including phenoxy) is 1. The molecule has 7 nitrogen and oxygen atoms in total. The Morgan fingerprint density at radius 1 is 1.38 bits per heavy atom. The lowest BCUT2D eigenvalue weighted by atomic mass is 10.00. The summed E-state index contributed by atoms with van der Waals surface area (Å²) < 4.78 is 37.7. The second-order valence-electron chi connectivity index (χ2n) is 5.27. The number of aryl methyl sites for hydroxylation is 2. The number of carbonyl (C=O) groups excluding carboxylic acids is 1. The summed E-state index contributed by atoms with van der Waals surface area (Å²) in [6.07, 6.45) is 2.44. The van der Waals surface area contributed by atoms with Gasteiger partial charge in [0.05, 0.1) is 6.61 Å². The summed E-state index contributed by atoms with van der Waals surface area (Å²) >= 11 is 0. The van der Waals surface area contributed by atoms with E-state index in [1.54, 1.807) is 13.8 Å². The van der Waals surface area contributed by atoms with Gasteiger partial charge in [-0.05, 0) is 33.6 Å². The maximum atomic E-state index is 12.6. The SMILES string of the molecule is CCOC(=O)C1(NS(=O)(=O)c2c(C)noc2C)CCCC1. The molecule has 118 valence electrons. The summed E-state index contributed by atoms with van der Waals surface area (Å²) in [4.78, 5) is 12.2. The standard InChI is InChI=1S/C13H20N2O5S/c1-4-19-12(16)13(7-5-6-8-13)15-21(17,18)11-9(2)14-20-10(11)3/h15H,4-8H2,1-3H3. The Kier molecular flexibility index (Phi) is 4.38. The molecule has 1 fully saturated rings. The number of aromatic nitrogens is 1. The first kappa shape index (κ1) is 16.0. The number of rotatable bonds is 5. The van der Waals surface area contributed by atoms with Crippen molar-refractivity contribution >= 4 is 16.0 Å². The first-order valence-corrected chi connectivity index (χ1v) is 8.45. The summed E-state index contributed by atoms with van der Waals surface area (Å²) in [5.74, 6) is -0.310. The summed E-state index contributed by atoms with van der Waals surface area (Å²) in [5, 5.41) is 3.65. The van der Waals surface area contributed by atoms with Crippen LogP contribution in [-0.2, 0) is 19.6 Å². The van der Waals surface area contributed by atoms with Crippen LogP contribution in [0.25, 0.3) is 0 Å². The van der Waals surface area contributed by atoms with Crippen LogP contribution < -0.4 is 4.72 Å². The molecule has 0 aliphatic heterocycles. The lowest BCUT2D eigenvalue weighted by Crippen LogP contribution is -2.53. The van der Waals surface area contributed by atoms with E-state index in [0.29, 0.717) is 12.8 Å². The molecule has 21 heavy (non-hydrogen) atoms. The highest BCUT2D eigenvalue weighted by atomic mass is 32.2. The molecule has 1 aliphatic rings. The molecule has 0 radical (unpaired) electrons. The largest absolute Gasteiger partial charge is 0.465 e. The van der Waals surface area contributed by atoms with Crippen molar-refractivity contribution in [3.05, 3.63) is 11.5 Å². The smallest absolute Gasteiger partial charge is 0.327 e. The number of hydrogen-bond donors (Lipinski definition) is 1. The van der Waals surface area contributed by atoms with Gasteiger partial charge < -0.3 is 9.26 Å². The van der Waals surface area contributed by atoms with E-state index in [0.717, 1.165) is 12.8 Å². The van der Waals surface area contributed by atoms with Gasteiger partial charge in [0.2, 0.25) is 10.0 Å². The molecule has 1 aliphatic carbocycles. The molecule has 0 atom stereocenters. The zero-order valence-corrected chi connectivity index (χ0v) is 13.2. The van der Waals surface area contributed by atoms with E-state index in [-0.39, 0.29) is 23.0 Å². The molecular formula is C13H20N2O5S. The van der Waals surface area contributed by atoms with Gasteiger partial charge in [-0.25, -0.2) is 8.42 Å². The van der Waals surface area contributed by atoms with E-state index in [2.05, 4.69) is 9.88 Å². The number of nitrogens with one attached hydrogen (secondary N) is 1. The second kappa shape index (κ2) is 5.76. The predicted octanol–water partition coefficient (Wildman–Crippen LogP) is 1.45. The third-order valence-corrected chi connectivity index (χ3v) is 5.47. The molecule has 0 amide bonds. The minimum Gasteiger partial charge on any atom is -0.465 e. The van der Waals surface area contributed by atoms with E-state index in [1.165, 1.54) is 6.92 Å². The fourth-order valence-electron chi connectivity index (χ4n) is 2.76. The molecule has 2 rings (SSSR count). The van der Waals surface area contributed by atoms with Crippen LogP contribution in [-0.4, -0.2) is 31.7 Å². The summed E-state index contributed by atoms with van der Waals surface area (Å²) in [7, 11) is -3.89. The van der Waals surface area contributed by atoms with Crippen LogP contribution in [0.1, 0.15) is 44.1 Å². The van der Waals surface area contributed by atoms with E-state index in [4.69, 9.17) is 9.26 Å². The van der Waals surface area contributed by atoms with Crippen molar-refractivity contribution in [1.29, 1.82) is 0 Å². The molecule has 1 heterocycles. The molecule has 1 N–H and O–H groups in total. The fourth-order valence-corrected chi connectivity index (χ4v) is 4.51. The Hall–Kier alpha value is -1.41. The van der Waals surface area contributed by atoms with Crippen molar-refractivity contribution < 1.29 is 22.5 Å². The van der Waals surface area contributed by atoms with Gasteiger partial charge in [-0.15, -0.1) is 0 Å². The number of carbonyl (C=O) groups is 1. The van der Waals surface area contributed by atoms with Crippen molar-refractivity contribution in [2.45, 2.75) is 56.9 Å². The molecule has 1 aromatic rings. The van der Waals surface area contributed by atoms with Crippen LogP contribution in [0.4, 0.5) is 0 Å². The molecule has 0 bridgehead atoms. The van der Waals surface area contributed by atoms with Crippen LogP contribution in [0.15, 0.2) is 9.42 Å². The van der Waals surface area contributed by atoms with Crippen LogP contribution in [0.3, 0.4) is 0 Å². The number of nitrogens with zero attached hydrogens (tertiary/aromatic N) is 1. The first-order valence-electron chi connectivity index (χ1n) is 6.96. The van der Waals surface area contributed by atoms with Gasteiger partial charge in [0.25, 0.3) is 0 Å². The molecule has 8 heteroatoms. The van der Waals surface area contributed by atoms with Gasteiger partial charge >= 0.3 is 5.97 Å². The lowest BCUT2D eigenvalue weighted by Gasteiger charge is -2.27. The van der Waals surface area contributed by atoms with Crippen molar-refractivity contribution in [3.63, 3.8) is 0 Å². The maximum absolute atomic E-state index is 12.6. The Balaban J connectivity index is 2.35. The van der Waals surface area contributed by atoms with Gasteiger partial charge in [0, 0.05) is 0 Å². The number of esters is 1. The third kappa shape index (κ3) is 2.96. The highest BCUT2D eigenvalue weighted by Crippen LogP contribution is 2.33. The lowest BCUT2D eigenvalue weighted by molar-refractivity contribution is -0.150. The summed E-state index contributed by atoms with van der Waals surface area (Å²) in [6, 6.07) is 0. The molecule has 0 saturated heterocycles. The second-order valence-corrected chi connectivity index (χ2v) is 6.89. The van der Waals surface area contributed by atoms with Gasteiger partial charge in [-0.3, -0.25) is 4.79 Å². The quantitative estimate of drug-likeness (QED) is 0.825. The summed E-state index contributed by atoms with van der Waals surface area (Å²) in [5.41, 5.74) is -0.901. The maximum Gasteiger partial charge on any atom is 0.327 e. The van der Waals surface area contributed by atoms with Crippen molar-refractivity contribution in [3.8, 4) is 0 Å². The topological polar surface area (TPSA) is 98.5 Å². The van der Waals surface area contributed by atoms with Gasteiger partial charge in [0.15, 0.2) is 5.76 Å². The Labute approximate surface area is 124 Å². The van der Waals surface area contributed by atoms with Crippen molar-refractivity contribution in [1.82, 2.24) is 9.88 Å². The van der Waals surface area contributed by atoms with Crippen LogP contribution in [0, 0.1) is 13.8 Å². The van der Waals surface area contributed by atoms with Crippen LogP contribution in [0.5, 0.6) is 0 Å². The average Bonchev–Trinajstić information content (AvgIpc) is 2.97. The molecule has 0 spiro atoms. The van der Waals surface area contributed by atoms with Crippen LogP contribution in [0.2, 0.25) is 0 Å². The Bertz CT molecular complexity index is 609. The third-order valence-electron chi connectivity index (χ3n) is 3.69. The Morgan fingerprint density at radius 3 is 2.48 bits per heavy atom. The van der Waals surface area contributed by atoms with Crippen LogP contribution >= 0.6 is 0 Å². The molecule has 0 aromatic carbocycles. The van der Waals surface area contributed by atoms with Gasteiger partial charge in [-0.2, -0.15) is 4.72 Å². The van der Waals surface area contributed by atoms with E-state index < -0.39 is 21.5 Å².